The third-order valence-corrected chi connectivity index (χ3v) is 5.05. The summed E-state index contributed by atoms with van der Waals surface area (Å²) in [6.45, 7) is 9.79. The summed E-state index contributed by atoms with van der Waals surface area (Å²) >= 11 is 0. The lowest BCUT2D eigenvalue weighted by Crippen LogP contribution is -2.25. The van der Waals surface area contributed by atoms with Crippen molar-refractivity contribution in [1.29, 1.82) is 0 Å². The Kier molecular flexibility index (Phi) is 5.42. The van der Waals surface area contributed by atoms with Crippen molar-refractivity contribution in [3.05, 3.63) is 11.7 Å². The third-order valence-electron chi connectivity index (χ3n) is 5.05. The minimum absolute atomic E-state index is 0.224. The molecule has 0 bridgehead atoms. The minimum atomic E-state index is 0.224. The van der Waals surface area contributed by atoms with Crippen molar-refractivity contribution in [2.24, 2.45) is 17.1 Å². The largest absolute Gasteiger partial charge is 0.339 e. The zero-order valence-electron chi connectivity index (χ0n) is 14.1. The summed E-state index contributed by atoms with van der Waals surface area (Å²) in [4.78, 5) is 4.65. The van der Waals surface area contributed by atoms with Crippen molar-refractivity contribution in [3.8, 4) is 0 Å². The Bertz CT molecular complexity index is 427. The fourth-order valence-electron chi connectivity index (χ4n) is 3.49. The molecule has 2 rings (SSSR count). The van der Waals surface area contributed by atoms with Crippen LogP contribution in [-0.4, -0.2) is 16.7 Å². The smallest absolute Gasteiger partial charge is 0.231 e. The van der Waals surface area contributed by atoms with Gasteiger partial charge in [0.2, 0.25) is 5.89 Å². The van der Waals surface area contributed by atoms with Crippen LogP contribution in [0, 0.1) is 11.3 Å². The first-order valence-electron chi connectivity index (χ1n) is 8.49. The number of nitrogens with two attached hydrogens (primary N) is 1. The van der Waals surface area contributed by atoms with Gasteiger partial charge >= 0.3 is 0 Å². The second-order valence-corrected chi connectivity index (χ2v) is 7.63. The average Bonchev–Trinajstić information content (AvgIpc) is 2.93. The van der Waals surface area contributed by atoms with Crippen LogP contribution >= 0.6 is 0 Å². The van der Waals surface area contributed by atoms with Crippen LogP contribution in [0.2, 0.25) is 0 Å². The molecule has 0 aliphatic heterocycles. The maximum absolute atomic E-state index is 5.82. The number of rotatable bonds is 5. The van der Waals surface area contributed by atoms with E-state index in [1.807, 2.05) is 0 Å². The Morgan fingerprint density at radius 3 is 2.43 bits per heavy atom. The zero-order valence-corrected chi connectivity index (χ0v) is 14.1. The molecule has 1 aromatic heterocycles. The third kappa shape index (κ3) is 4.06. The van der Waals surface area contributed by atoms with Gasteiger partial charge in [-0.1, -0.05) is 39.3 Å². The predicted molar refractivity (Wildman–Crippen MR) is 85.2 cm³/mol. The van der Waals surface area contributed by atoms with Crippen molar-refractivity contribution >= 4 is 0 Å². The lowest BCUT2D eigenvalue weighted by molar-refractivity contribution is 0.166. The maximum atomic E-state index is 5.82. The van der Waals surface area contributed by atoms with Crippen molar-refractivity contribution in [2.45, 2.75) is 78.1 Å². The van der Waals surface area contributed by atoms with Gasteiger partial charge in [-0.3, -0.25) is 0 Å². The highest BCUT2D eigenvalue weighted by molar-refractivity contribution is 5.01. The molecule has 0 amide bonds. The molecule has 1 aliphatic rings. The normalized spacial score (nSPS) is 25.0. The second kappa shape index (κ2) is 6.91. The van der Waals surface area contributed by atoms with Crippen LogP contribution in [0.25, 0.3) is 0 Å². The highest BCUT2D eigenvalue weighted by Gasteiger charge is 2.32. The molecule has 0 spiro atoms. The Hall–Kier alpha value is -0.900. The van der Waals surface area contributed by atoms with E-state index in [-0.39, 0.29) is 5.92 Å². The minimum Gasteiger partial charge on any atom is -0.339 e. The second-order valence-electron chi connectivity index (χ2n) is 7.63. The first-order chi connectivity index (χ1) is 9.95. The molecule has 1 fully saturated rings. The lowest BCUT2D eigenvalue weighted by atomic mass is 9.70. The Labute approximate surface area is 128 Å². The maximum Gasteiger partial charge on any atom is 0.231 e. The molecule has 21 heavy (non-hydrogen) atoms. The van der Waals surface area contributed by atoms with E-state index in [0.29, 0.717) is 17.9 Å². The van der Waals surface area contributed by atoms with Gasteiger partial charge in [-0.15, -0.1) is 0 Å². The van der Waals surface area contributed by atoms with E-state index in [0.717, 1.165) is 30.5 Å². The van der Waals surface area contributed by atoms with E-state index in [9.17, 15) is 0 Å². The average molecular weight is 293 g/mol. The van der Waals surface area contributed by atoms with Crippen molar-refractivity contribution < 1.29 is 4.52 Å². The molecular weight excluding hydrogens is 262 g/mol. The molecule has 0 aromatic carbocycles. The van der Waals surface area contributed by atoms with Gasteiger partial charge in [0.15, 0.2) is 5.82 Å². The van der Waals surface area contributed by atoms with Crippen LogP contribution in [0.15, 0.2) is 4.52 Å². The van der Waals surface area contributed by atoms with E-state index >= 15 is 0 Å². The number of aromatic nitrogens is 2. The molecule has 4 heteroatoms. The van der Waals surface area contributed by atoms with Crippen molar-refractivity contribution in [2.75, 3.05) is 6.54 Å². The van der Waals surface area contributed by atoms with Gasteiger partial charge in [-0.25, -0.2) is 0 Å². The standard InChI is InChI=1S/C17H31N3O/c1-5-6-13(11-18)16-19-15(20-21-16)12-7-9-14(10-8-12)17(2,3)4/h12-14H,5-11,18H2,1-4H3. The van der Waals surface area contributed by atoms with Gasteiger partial charge in [-0.05, 0) is 43.4 Å². The topological polar surface area (TPSA) is 64.9 Å². The van der Waals surface area contributed by atoms with E-state index in [1.165, 1.54) is 25.7 Å². The van der Waals surface area contributed by atoms with Gasteiger partial charge < -0.3 is 10.3 Å². The van der Waals surface area contributed by atoms with E-state index in [4.69, 9.17) is 10.3 Å². The molecular formula is C17H31N3O. The first kappa shape index (κ1) is 16.5. The highest BCUT2D eigenvalue weighted by Crippen LogP contribution is 2.42. The molecule has 0 saturated heterocycles. The molecule has 1 aromatic rings. The summed E-state index contributed by atoms with van der Waals surface area (Å²) < 4.78 is 5.48. The quantitative estimate of drug-likeness (QED) is 0.882. The van der Waals surface area contributed by atoms with Gasteiger partial charge in [0.05, 0.1) is 5.92 Å². The van der Waals surface area contributed by atoms with E-state index < -0.39 is 0 Å². The fraction of sp³-hybridized carbons (Fsp3) is 0.882. The number of hydrogen-bond donors (Lipinski definition) is 1. The lowest BCUT2D eigenvalue weighted by Gasteiger charge is -2.36. The fourth-order valence-corrected chi connectivity index (χ4v) is 3.49. The summed E-state index contributed by atoms with van der Waals surface area (Å²) in [5.41, 5.74) is 6.23. The molecule has 1 heterocycles. The van der Waals surface area contributed by atoms with Crippen LogP contribution in [-0.2, 0) is 0 Å². The van der Waals surface area contributed by atoms with Gasteiger partial charge in [-0.2, -0.15) is 4.98 Å². The van der Waals surface area contributed by atoms with Gasteiger partial charge in [0.25, 0.3) is 0 Å². The Balaban J connectivity index is 1.97. The Morgan fingerprint density at radius 1 is 1.24 bits per heavy atom. The molecule has 1 atom stereocenters. The van der Waals surface area contributed by atoms with Crippen LogP contribution in [0.5, 0.6) is 0 Å². The predicted octanol–water partition coefficient (Wildman–Crippen LogP) is 4.23. The molecule has 1 unspecified atom stereocenters. The summed E-state index contributed by atoms with van der Waals surface area (Å²) in [7, 11) is 0. The van der Waals surface area contributed by atoms with Gasteiger partial charge in [0, 0.05) is 12.5 Å². The van der Waals surface area contributed by atoms with Crippen LogP contribution in [0.3, 0.4) is 0 Å². The van der Waals surface area contributed by atoms with Crippen LogP contribution in [0.1, 0.15) is 89.8 Å². The van der Waals surface area contributed by atoms with Crippen molar-refractivity contribution in [1.82, 2.24) is 10.1 Å². The molecule has 4 nitrogen and oxygen atoms in total. The van der Waals surface area contributed by atoms with Crippen LogP contribution in [0.4, 0.5) is 0 Å². The summed E-state index contributed by atoms with van der Waals surface area (Å²) in [6.07, 6.45) is 7.02. The zero-order chi connectivity index (χ0) is 15.5. The molecule has 1 aliphatic carbocycles. The summed E-state index contributed by atoms with van der Waals surface area (Å²) in [6, 6.07) is 0. The molecule has 0 radical (unpaired) electrons. The highest BCUT2D eigenvalue weighted by atomic mass is 16.5. The Morgan fingerprint density at radius 2 is 1.90 bits per heavy atom. The van der Waals surface area contributed by atoms with Crippen LogP contribution < -0.4 is 5.73 Å². The summed E-state index contributed by atoms with van der Waals surface area (Å²) in [5, 5.41) is 4.24. The SMILES string of the molecule is CCCC(CN)c1nc(C2CCC(C(C)(C)C)CC2)no1. The molecule has 2 N–H and O–H groups in total. The molecule has 1 saturated carbocycles. The molecule has 120 valence electrons. The first-order valence-corrected chi connectivity index (χ1v) is 8.49. The van der Waals surface area contributed by atoms with E-state index in [1.54, 1.807) is 0 Å². The number of nitrogens with zero attached hydrogens (tertiary/aromatic N) is 2. The monoisotopic (exact) mass is 293 g/mol. The summed E-state index contributed by atoms with van der Waals surface area (Å²) in [5.74, 6) is 3.17. The number of hydrogen-bond acceptors (Lipinski definition) is 4. The van der Waals surface area contributed by atoms with E-state index in [2.05, 4.69) is 37.8 Å². The van der Waals surface area contributed by atoms with Crippen molar-refractivity contribution in [3.63, 3.8) is 0 Å². The van der Waals surface area contributed by atoms with Gasteiger partial charge in [0.1, 0.15) is 0 Å².